The molecule has 0 fully saturated rings. The number of carbonyl (C=O) groups is 2. The van der Waals surface area contributed by atoms with E-state index in [1.807, 2.05) is 0 Å². The van der Waals surface area contributed by atoms with E-state index >= 15 is 0 Å². The van der Waals surface area contributed by atoms with Crippen LogP contribution in [-0.2, 0) is 6.54 Å². The van der Waals surface area contributed by atoms with Crippen LogP contribution in [0.3, 0.4) is 0 Å². The molecule has 1 aromatic heterocycles. The lowest BCUT2D eigenvalue weighted by atomic mass is 10.1. The minimum atomic E-state index is -0.962. The maximum absolute atomic E-state index is 13.3. The van der Waals surface area contributed by atoms with Crippen molar-refractivity contribution in [3.63, 3.8) is 0 Å². The van der Waals surface area contributed by atoms with E-state index in [1.54, 1.807) is 43.3 Å². The van der Waals surface area contributed by atoms with Gasteiger partial charge in [-0.05, 0) is 54.4 Å². The van der Waals surface area contributed by atoms with E-state index in [0.717, 1.165) is 17.7 Å². The fourth-order valence-corrected chi connectivity index (χ4v) is 2.60. The maximum Gasteiger partial charge on any atom is 0.315 e. The number of hydrogen-bond acceptors (Lipinski definition) is 3. The molecule has 0 aliphatic rings. The Balaban J connectivity index is 1.48. The van der Waals surface area contributed by atoms with Gasteiger partial charge in [-0.25, -0.2) is 13.6 Å². The Bertz CT molecular complexity index is 989. The Morgan fingerprint density at radius 1 is 1.03 bits per heavy atom. The van der Waals surface area contributed by atoms with Crippen LogP contribution >= 0.6 is 0 Å². The number of amides is 3. The van der Waals surface area contributed by atoms with Gasteiger partial charge in [0.05, 0.1) is 12.3 Å². The number of furan rings is 1. The topological polar surface area (TPSA) is 83.4 Å². The van der Waals surface area contributed by atoms with Crippen LogP contribution in [0.2, 0.25) is 0 Å². The molecule has 3 aromatic rings. The molecule has 0 saturated heterocycles. The van der Waals surface area contributed by atoms with Gasteiger partial charge in [0.2, 0.25) is 0 Å². The average molecular weight is 399 g/mol. The third kappa shape index (κ3) is 5.41. The van der Waals surface area contributed by atoms with Crippen molar-refractivity contribution in [2.24, 2.45) is 0 Å². The van der Waals surface area contributed by atoms with Gasteiger partial charge in [-0.2, -0.15) is 0 Å². The van der Waals surface area contributed by atoms with Crippen molar-refractivity contribution in [3.8, 4) is 0 Å². The summed E-state index contributed by atoms with van der Waals surface area (Å²) in [6.07, 6.45) is 1.42. The summed E-state index contributed by atoms with van der Waals surface area (Å²) in [5, 5.41) is 8.05. The normalized spacial score (nSPS) is 11.6. The second kappa shape index (κ2) is 9.01. The molecule has 0 bridgehead atoms. The Hall–Kier alpha value is -3.68. The van der Waals surface area contributed by atoms with E-state index in [4.69, 9.17) is 4.42 Å². The zero-order valence-electron chi connectivity index (χ0n) is 15.5. The standard InChI is InChI=1S/C21H19F2N3O3/c1-13(15-6-9-17(22)18(23)11-15)25-21(28)24-12-14-4-7-16(8-5-14)26-20(27)19-3-2-10-29-19/h2-11,13H,12H2,1H3,(H,26,27)(H2,24,25,28). The number of benzene rings is 2. The third-order valence-electron chi connectivity index (χ3n) is 4.20. The molecule has 1 atom stereocenters. The molecule has 8 heteroatoms. The van der Waals surface area contributed by atoms with E-state index in [1.165, 1.54) is 12.3 Å². The van der Waals surface area contributed by atoms with Crippen molar-refractivity contribution < 1.29 is 22.8 Å². The Kier molecular flexibility index (Phi) is 6.23. The lowest BCUT2D eigenvalue weighted by Gasteiger charge is -2.15. The van der Waals surface area contributed by atoms with Gasteiger partial charge < -0.3 is 20.4 Å². The van der Waals surface area contributed by atoms with E-state index in [2.05, 4.69) is 16.0 Å². The van der Waals surface area contributed by atoms with Crippen molar-refractivity contribution in [1.29, 1.82) is 0 Å². The summed E-state index contributed by atoms with van der Waals surface area (Å²) in [6, 6.07) is 12.7. The number of anilines is 1. The average Bonchev–Trinajstić information content (AvgIpc) is 3.24. The van der Waals surface area contributed by atoms with Crippen LogP contribution in [0.25, 0.3) is 0 Å². The predicted octanol–water partition coefficient (Wildman–Crippen LogP) is 4.37. The number of carbonyl (C=O) groups excluding carboxylic acids is 2. The monoisotopic (exact) mass is 399 g/mol. The Morgan fingerprint density at radius 3 is 2.45 bits per heavy atom. The van der Waals surface area contributed by atoms with Gasteiger partial charge in [0.15, 0.2) is 17.4 Å². The van der Waals surface area contributed by atoms with Crippen LogP contribution in [0.15, 0.2) is 65.3 Å². The molecule has 2 aromatic carbocycles. The fraction of sp³-hybridized carbons (Fsp3) is 0.143. The lowest BCUT2D eigenvalue weighted by molar-refractivity contribution is 0.0996. The number of rotatable bonds is 6. The molecule has 0 aliphatic heterocycles. The molecule has 150 valence electrons. The van der Waals surface area contributed by atoms with Crippen LogP contribution in [-0.4, -0.2) is 11.9 Å². The summed E-state index contributed by atoms with van der Waals surface area (Å²) in [7, 11) is 0. The van der Waals surface area contributed by atoms with Gasteiger partial charge in [-0.3, -0.25) is 4.79 Å². The molecule has 3 rings (SSSR count). The summed E-state index contributed by atoms with van der Waals surface area (Å²) in [5.41, 5.74) is 1.86. The van der Waals surface area contributed by atoms with Crippen molar-refractivity contribution in [2.75, 3.05) is 5.32 Å². The molecule has 0 aliphatic carbocycles. The van der Waals surface area contributed by atoms with Gasteiger partial charge >= 0.3 is 6.03 Å². The number of halogens is 2. The molecule has 3 N–H and O–H groups in total. The van der Waals surface area contributed by atoms with E-state index in [9.17, 15) is 18.4 Å². The summed E-state index contributed by atoms with van der Waals surface area (Å²) in [6.45, 7) is 1.92. The van der Waals surface area contributed by atoms with Crippen molar-refractivity contribution in [1.82, 2.24) is 10.6 Å². The van der Waals surface area contributed by atoms with Crippen molar-refractivity contribution >= 4 is 17.6 Å². The molecular formula is C21H19F2N3O3. The molecular weight excluding hydrogens is 380 g/mol. The van der Waals surface area contributed by atoms with Crippen LogP contribution in [0, 0.1) is 11.6 Å². The zero-order chi connectivity index (χ0) is 20.8. The highest BCUT2D eigenvalue weighted by atomic mass is 19.2. The van der Waals surface area contributed by atoms with Crippen LogP contribution in [0.1, 0.15) is 34.6 Å². The van der Waals surface area contributed by atoms with Crippen molar-refractivity contribution in [3.05, 3.63) is 89.4 Å². The second-order valence-corrected chi connectivity index (χ2v) is 6.35. The Labute approximate surface area is 165 Å². The van der Waals surface area contributed by atoms with Gasteiger partial charge in [0.25, 0.3) is 5.91 Å². The SMILES string of the molecule is CC(NC(=O)NCc1ccc(NC(=O)c2ccco2)cc1)c1ccc(F)c(F)c1. The van der Waals surface area contributed by atoms with Crippen LogP contribution < -0.4 is 16.0 Å². The third-order valence-corrected chi connectivity index (χ3v) is 4.20. The highest BCUT2D eigenvalue weighted by Gasteiger charge is 2.12. The zero-order valence-corrected chi connectivity index (χ0v) is 15.5. The molecule has 1 heterocycles. The minimum Gasteiger partial charge on any atom is -0.459 e. The first-order chi connectivity index (χ1) is 13.9. The predicted molar refractivity (Wildman–Crippen MR) is 103 cm³/mol. The molecule has 0 saturated carbocycles. The number of hydrogen-bond donors (Lipinski definition) is 3. The largest absolute Gasteiger partial charge is 0.459 e. The summed E-state index contributed by atoms with van der Waals surface area (Å²) >= 11 is 0. The summed E-state index contributed by atoms with van der Waals surface area (Å²) in [5.74, 6) is -2.04. The van der Waals surface area contributed by atoms with E-state index in [-0.39, 0.29) is 18.2 Å². The minimum absolute atomic E-state index is 0.211. The number of nitrogens with one attached hydrogen (secondary N) is 3. The van der Waals surface area contributed by atoms with E-state index in [0.29, 0.717) is 11.3 Å². The highest BCUT2D eigenvalue weighted by molar-refractivity contribution is 6.02. The quantitative estimate of drug-likeness (QED) is 0.576. The van der Waals surface area contributed by atoms with Gasteiger partial charge in [0.1, 0.15) is 0 Å². The fourth-order valence-electron chi connectivity index (χ4n) is 2.60. The van der Waals surface area contributed by atoms with Gasteiger partial charge in [-0.1, -0.05) is 18.2 Å². The van der Waals surface area contributed by atoms with E-state index < -0.39 is 23.7 Å². The van der Waals surface area contributed by atoms with Crippen LogP contribution in [0.5, 0.6) is 0 Å². The number of urea groups is 1. The van der Waals surface area contributed by atoms with Gasteiger partial charge in [-0.15, -0.1) is 0 Å². The Morgan fingerprint density at radius 2 is 1.79 bits per heavy atom. The molecule has 29 heavy (non-hydrogen) atoms. The molecule has 1 unspecified atom stereocenters. The molecule has 3 amide bonds. The maximum atomic E-state index is 13.3. The lowest BCUT2D eigenvalue weighted by Crippen LogP contribution is -2.36. The smallest absolute Gasteiger partial charge is 0.315 e. The first-order valence-corrected chi connectivity index (χ1v) is 8.85. The highest BCUT2D eigenvalue weighted by Crippen LogP contribution is 2.16. The molecule has 6 nitrogen and oxygen atoms in total. The summed E-state index contributed by atoms with van der Waals surface area (Å²) in [4.78, 5) is 24.0. The first-order valence-electron chi connectivity index (χ1n) is 8.85. The first kappa shape index (κ1) is 20.1. The second-order valence-electron chi connectivity index (χ2n) is 6.35. The summed E-state index contributed by atoms with van der Waals surface area (Å²) < 4.78 is 31.3. The van der Waals surface area contributed by atoms with Crippen LogP contribution in [0.4, 0.5) is 19.3 Å². The van der Waals surface area contributed by atoms with Crippen molar-refractivity contribution in [2.45, 2.75) is 19.5 Å². The van der Waals surface area contributed by atoms with Gasteiger partial charge in [0, 0.05) is 12.2 Å². The molecule has 0 spiro atoms. The molecule has 0 radical (unpaired) electrons.